The van der Waals surface area contributed by atoms with Crippen LogP contribution in [0, 0.1) is 5.82 Å². The average Bonchev–Trinajstić information content (AvgIpc) is 2.28. The first-order valence-electron chi connectivity index (χ1n) is 5.41. The molecule has 0 radical (unpaired) electrons. The van der Waals surface area contributed by atoms with E-state index in [4.69, 9.17) is 10.2 Å². The van der Waals surface area contributed by atoms with Gasteiger partial charge in [-0.2, -0.15) is 0 Å². The number of amides is 1. The predicted molar refractivity (Wildman–Crippen MR) is 61.4 cm³/mol. The highest BCUT2D eigenvalue weighted by atomic mass is 19.1. The molecule has 18 heavy (non-hydrogen) atoms. The number of carboxylic acids is 1. The molecule has 0 fully saturated rings. The summed E-state index contributed by atoms with van der Waals surface area (Å²) >= 11 is 0. The summed E-state index contributed by atoms with van der Waals surface area (Å²) < 4.78 is 12.8. The second-order valence-electron chi connectivity index (χ2n) is 3.80. The van der Waals surface area contributed by atoms with Crippen molar-refractivity contribution in [3.8, 4) is 0 Å². The molecule has 1 rings (SSSR count). The summed E-state index contributed by atoms with van der Waals surface area (Å²) in [5.41, 5.74) is 0.534. The maximum atomic E-state index is 12.8. The van der Waals surface area contributed by atoms with Crippen molar-refractivity contribution in [2.45, 2.75) is 18.9 Å². The normalized spacial score (nSPS) is 11.9. The van der Waals surface area contributed by atoms with E-state index in [1.165, 1.54) is 18.2 Å². The van der Waals surface area contributed by atoms with Gasteiger partial charge in [-0.15, -0.1) is 0 Å². The summed E-state index contributed by atoms with van der Waals surface area (Å²) in [6.45, 7) is 0.0572. The Morgan fingerprint density at radius 2 is 2.11 bits per heavy atom. The zero-order valence-corrected chi connectivity index (χ0v) is 9.60. The molecule has 0 aromatic heterocycles. The Morgan fingerprint density at radius 1 is 1.39 bits per heavy atom. The quantitative estimate of drug-likeness (QED) is 0.683. The van der Waals surface area contributed by atoms with E-state index < -0.39 is 17.9 Å². The highest BCUT2D eigenvalue weighted by Crippen LogP contribution is 2.04. The number of hydrogen-bond donors (Lipinski definition) is 3. The number of halogens is 1. The predicted octanol–water partition coefficient (Wildman–Crippen LogP) is 0.320. The minimum Gasteiger partial charge on any atom is -0.479 e. The van der Waals surface area contributed by atoms with Gasteiger partial charge in [0.05, 0.1) is 6.42 Å². The molecule has 0 aliphatic carbocycles. The second-order valence-corrected chi connectivity index (χ2v) is 3.80. The van der Waals surface area contributed by atoms with E-state index in [-0.39, 0.29) is 25.3 Å². The Kier molecular flexibility index (Phi) is 5.26. The molecule has 1 atom stereocenters. The third-order valence-corrected chi connectivity index (χ3v) is 2.28. The van der Waals surface area contributed by atoms with Crippen LogP contribution in [0.15, 0.2) is 24.3 Å². The molecule has 98 valence electrons. The number of carbonyl (C=O) groups is 2. The molecular formula is C12H14FNO4. The average molecular weight is 255 g/mol. The number of aliphatic hydroxyl groups is 1. The van der Waals surface area contributed by atoms with Crippen LogP contribution in [0.1, 0.15) is 12.0 Å². The van der Waals surface area contributed by atoms with Gasteiger partial charge in [0, 0.05) is 13.0 Å². The molecule has 6 heteroatoms. The lowest BCUT2D eigenvalue weighted by atomic mass is 10.1. The van der Waals surface area contributed by atoms with Gasteiger partial charge in [0.1, 0.15) is 5.82 Å². The van der Waals surface area contributed by atoms with Crippen LogP contribution >= 0.6 is 0 Å². The number of nitrogens with one attached hydrogen (secondary N) is 1. The summed E-state index contributed by atoms with van der Waals surface area (Å²) in [5.74, 6) is -2.09. The van der Waals surface area contributed by atoms with Crippen LogP contribution in [0.3, 0.4) is 0 Å². The largest absolute Gasteiger partial charge is 0.479 e. The lowest BCUT2D eigenvalue weighted by Crippen LogP contribution is -2.30. The third-order valence-electron chi connectivity index (χ3n) is 2.28. The fourth-order valence-electron chi connectivity index (χ4n) is 1.37. The number of carboxylic acid groups (broad SMARTS) is 1. The molecule has 1 amide bonds. The van der Waals surface area contributed by atoms with Gasteiger partial charge < -0.3 is 15.5 Å². The summed E-state index contributed by atoms with van der Waals surface area (Å²) in [5, 5.41) is 19.8. The van der Waals surface area contributed by atoms with Crippen molar-refractivity contribution < 1.29 is 24.2 Å². The number of rotatable bonds is 6. The van der Waals surface area contributed by atoms with Crippen LogP contribution in [0.2, 0.25) is 0 Å². The Hall–Kier alpha value is -1.95. The van der Waals surface area contributed by atoms with E-state index in [9.17, 15) is 14.0 Å². The number of benzene rings is 1. The third kappa shape index (κ3) is 4.92. The van der Waals surface area contributed by atoms with E-state index in [0.29, 0.717) is 5.56 Å². The van der Waals surface area contributed by atoms with Crippen molar-refractivity contribution >= 4 is 11.9 Å². The van der Waals surface area contributed by atoms with Gasteiger partial charge in [0.15, 0.2) is 6.10 Å². The Balaban J connectivity index is 2.32. The van der Waals surface area contributed by atoms with Crippen molar-refractivity contribution in [1.29, 1.82) is 0 Å². The van der Waals surface area contributed by atoms with Crippen molar-refractivity contribution in [3.05, 3.63) is 35.6 Å². The smallest absolute Gasteiger partial charge is 0.332 e. The molecule has 1 unspecified atom stereocenters. The monoisotopic (exact) mass is 255 g/mol. The van der Waals surface area contributed by atoms with Crippen molar-refractivity contribution in [1.82, 2.24) is 5.32 Å². The van der Waals surface area contributed by atoms with Gasteiger partial charge in [-0.05, 0) is 17.7 Å². The van der Waals surface area contributed by atoms with E-state index >= 15 is 0 Å². The maximum Gasteiger partial charge on any atom is 0.332 e. The fraction of sp³-hybridized carbons (Fsp3) is 0.333. The van der Waals surface area contributed by atoms with Crippen molar-refractivity contribution in [2.75, 3.05) is 6.54 Å². The van der Waals surface area contributed by atoms with Crippen LogP contribution in [0.4, 0.5) is 4.39 Å². The first kappa shape index (κ1) is 14.1. The van der Waals surface area contributed by atoms with E-state index in [1.54, 1.807) is 6.07 Å². The molecule has 0 bridgehead atoms. The van der Waals surface area contributed by atoms with Crippen molar-refractivity contribution in [3.63, 3.8) is 0 Å². The Labute approximate surface area is 103 Å². The van der Waals surface area contributed by atoms with Gasteiger partial charge in [0.2, 0.25) is 5.91 Å². The van der Waals surface area contributed by atoms with E-state index in [0.717, 1.165) is 0 Å². The zero-order valence-electron chi connectivity index (χ0n) is 9.60. The minimum absolute atomic E-state index is 0.0148. The summed E-state index contributed by atoms with van der Waals surface area (Å²) in [6, 6.07) is 5.66. The van der Waals surface area contributed by atoms with Crippen LogP contribution in [-0.4, -0.2) is 34.7 Å². The molecule has 1 aromatic rings. The lowest BCUT2D eigenvalue weighted by Gasteiger charge is -2.07. The minimum atomic E-state index is -1.49. The number of aliphatic carboxylic acids is 1. The van der Waals surface area contributed by atoms with Gasteiger partial charge in [0.25, 0.3) is 0 Å². The zero-order chi connectivity index (χ0) is 13.5. The first-order valence-corrected chi connectivity index (χ1v) is 5.41. The van der Waals surface area contributed by atoms with Crippen molar-refractivity contribution in [2.24, 2.45) is 0 Å². The molecule has 0 heterocycles. The summed E-state index contributed by atoms with van der Waals surface area (Å²) in [7, 11) is 0. The molecule has 0 aliphatic heterocycles. The first-order chi connectivity index (χ1) is 8.49. The fourth-order valence-corrected chi connectivity index (χ4v) is 1.37. The molecule has 0 saturated carbocycles. The van der Waals surface area contributed by atoms with Gasteiger partial charge in [-0.3, -0.25) is 4.79 Å². The molecule has 0 spiro atoms. The highest BCUT2D eigenvalue weighted by Gasteiger charge is 2.12. The van der Waals surface area contributed by atoms with Crippen LogP contribution in [0.25, 0.3) is 0 Å². The van der Waals surface area contributed by atoms with Gasteiger partial charge >= 0.3 is 5.97 Å². The lowest BCUT2D eigenvalue weighted by molar-refractivity contribution is -0.147. The Morgan fingerprint density at radius 3 is 2.72 bits per heavy atom. The molecule has 0 aliphatic rings. The molecule has 5 nitrogen and oxygen atoms in total. The van der Waals surface area contributed by atoms with Gasteiger partial charge in [-0.25, -0.2) is 9.18 Å². The second kappa shape index (κ2) is 6.70. The van der Waals surface area contributed by atoms with E-state index in [1.807, 2.05) is 0 Å². The summed E-state index contributed by atoms with van der Waals surface area (Å²) in [6.07, 6.45) is -1.54. The van der Waals surface area contributed by atoms with Gasteiger partial charge in [-0.1, -0.05) is 12.1 Å². The summed E-state index contributed by atoms with van der Waals surface area (Å²) in [4.78, 5) is 21.7. The standard InChI is InChI=1S/C12H14FNO4/c13-9-3-1-2-8(6-9)7-11(16)14-5-4-10(15)12(17)18/h1-3,6,10,15H,4-5,7H2,(H,14,16)(H,17,18). The van der Waals surface area contributed by atoms with Crippen LogP contribution in [0.5, 0.6) is 0 Å². The molecule has 1 aromatic carbocycles. The molecular weight excluding hydrogens is 241 g/mol. The van der Waals surface area contributed by atoms with E-state index in [2.05, 4.69) is 5.32 Å². The van der Waals surface area contributed by atoms with Crippen LogP contribution < -0.4 is 5.32 Å². The SMILES string of the molecule is O=C(Cc1cccc(F)c1)NCCC(O)C(=O)O. The maximum absolute atomic E-state index is 12.8. The topological polar surface area (TPSA) is 86.6 Å². The number of aliphatic hydroxyl groups excluding tert-OH is 1. The Bertz CT molecular complexity index is 436. The number of carbonyl (C=O) groups excluding carboxylic acids is 1. The van der Waals surface area contributed by atoms with Crippen LogP contribution in [-0.2, 0) is 16.0 Å². The highest BCUT2D eigenvalue weighted by molar-refractivity contribution is 5.78. The molecule has 0 saturated heterocycles. The molecule has 3 N–H and O–H groups in total. The number of hydrogen-bond acceptors (Lipinski definition) is 3.